The predicted octanol–water partition coefficient (Wildman–Crippen LogP) is 0.903. The molecule has 4 heteroatoms. The first-order chi connectivity index (χ1) is 6.12. The lowest BCUT2D eigenvalue weighted by molar-refractivity contribution is -0.0610. The van der Waals surface area contributed by atoms with Crippen LogP contribution in [0.15, 0.2) is 0 Å². The molecular formula is C9H16O4. The van der Waals surface area contributed by atoms with Crippen molar-refractivity contribution in [3.63, 3.8) is 0 Å². The van der Waals surface area contributed by atoms with Gasteiger partial charge in [-0.3, -0.25) is 0 Å². The fourth-order valence-corrected chi connectivity index (χ4v) is 1.00. The third-order valence-corrected chi connectivity index (χ3v) is 2.21. The minimum atomic E-state index is -0.292. The summed E-state index contributed by atoms with van der Waals surface area (Å²) in [5.74, 6) is -0.583. The maximum absolute atomic E-state index is 5.43. The molecule has 2 rings (SSSR count). The van der Waals surface area contributed by atoms with Gasteiger partial charge in [0.1, 0.15) is 13.2 Å². The minimum Gasteiger partial charge on any atom is -0.348 e. The van der Waals surface area contributed by atoms with Gasteiger partial charge in [0.2, 0.25) is 0 Å². The lowest BCUT2D eigenvalue weighted by Gasteiger charge is -2.09. The van der Waals surface area contributed by atoms with E-state index in [0.29, 0.717) is 26.4 Å². The van der Waals surface area contributed by atoms with Crippen LogP contribution in [0.2, 0.25) is 0 Å². The fraction of sp³-hybridized carbons (Fsp3) is 1.00. The van der Waals surface area contributed by atoms with Gasteiger partial charge in [-0.05, 0) is 20.3 Å². The molecule has 2 saturated heterocycles. The molecule has 0 aromatic heterocycles. The first-order valence-electron chi connectivity index (χ1n) is 4.68. The highest BCUT2D eigenvalue weighted by molar-refractivity contribution is 4.76. The predicted molar refractivity (Wildman–Crippen MR) is 45.2 cm³/mol. The zero-order chi connectivity index (χ0) is 9.36. The number of hydrogen-bond acceptors (Lipinski definition) is 4. The molecule has 0 bridgehead atoms. The lowest BCUT2D eigenvalue weighted by Crippen LogP contribution is -2.16. The number of hydrogen-bond donors (Lipinski definition) is 0. The topological polar surface area (TPSA) is 43.5 Å². The normalized spacial score (nSPS) is 42.0. The summed E-state index contributed by atoms with van der Waals surface area (Å²) in [6.45, 7) is 6.70. The molecule has 0 aromatic carbocycles. The maximum atomic E-state index is 5.43. The van der Waals surface area contributed by atoms with E-state index in [1.807, 2.05) is 13.8 Å². The molecule has 0 aliphatic carbocycles. The van der Waals surface area contributed by atoms with Crippen molar-refractivity contribution in [3.8, 4) is 0 Å². The summed E-state index contributed by atoms with van der Waals surface area (Å²) in [6, 6.07) is 0. The zero-order valence-corrected chi connectivity index (χ0v) is 8.17. The van der Waals surface area contributed by atoms with Crippen LogP contribution in [0.3, 0.4) is 0 Å². The van der Waals surface area contributed by atoms with Gasteiger partial charge in [-0.1, -0.05) is 0 Å². The summed E-state index contributed by atoms with van der Waals surface area (Å²) < 4.78 is 21.0. The molecule has 2 aliphatic heterocycles. The van der Waals surface area contributed by atoms with Crippen molar-refractivity contribution in [1.29, 1.82) is 0 Å². The Morgan fingerprint density at radius 1 is 1.00 bits per heavy atom. The van der Waals surface area contributed by atoms with Gasteiger partial charge < -0.3 is 18.9 Å². The summed E-state index contributed by atoms with van der Waals surface area (Å²) in [4.78, 5) is 0. The summed E-state index contributed by atoms with van der Waals surface area (Å²) in [6.07, 6.45) is 0.887. The highest BCUT2D eigenvalue weighted by atomic mass is 16.8. The van der Waals surface area contributed by atoms with Gasteiger partial charge in [0.15, 0.2) is 11.6 Å². The van der Waals surface area contributed by atoms with Crippen molar-refractivity contribution in [2.45, 2.75) is 31.8 Å². The van der Waals surface area contributed by atoms with Crippen LogP contribution in [0.4, 0.5) is 0 Å². The van der Waals surface area contributed by atoms with Crippen LogP contribution >= 0.6 is 0 Å². The van der Waals surface area contributed by atoms with Gasteiger partial charge in [-0.25, -0.2) is 0 Å². The molecule has 2 atom stereocenters. The van der Waals surface area contributed by atoms with Crippen LogP contribution in [-0.2, 0) is 18.9 Å². The van der Waals surface area contributed by atoms with Crippen LogP contribution in [-0.4, -0.2) is 38.0 Å². The van der Waals surface area contributed by atoms with E-state index < -0.39 is 0 Å². The van der Waals surface area contributed by atoms with E-state index >= 15 is 0 Å². The summed E-state index contributed by atoms with van der Waals surface area (Å²) in [7, 11) is 0. The Hall–Kier alpha value is -0.160. The van der Waals surface area contributed by atoms with E-state index in [4.69, 9.17) is 18.9 Å². The molecule has 2 fully saturated rings. The highest BCUT2D eigenvalue weighted by Crippen LogP contribution is 2.28. The van der Waals surface area contributed by atoms with Gasteiger partial charge in [0.25, 0.3) is 0 Å². The van der Waals surface area contributed by atoms with E-state index in [1.54, 1.807) is 0 Å². The molecule has 2 heterocycles. The third-order valence-electron chi connectivity index (χ3n) is 2.21. The first-order valence-corrected chi connectivity index (χ1v) is 4.68. The second-order valence-electron chi connectivity index (χ2n) is 3.90. The Kier molecular flexibility index (Phi) is 2.32. The average Bonchev–Trinajstić information content (AvgIpc) is 2.95. The largest absolute Gasteiger partial charge is 0.348 e. The van der Waals surface area contributed by atoms with E-state index in [9.17, 15) is 0 Å². The zero-order valence-electron chi connectivity index (χ0n) is 8.17. The number of epoxide rings is 2. The molecule has 0 radical (unpaired) electrons. The lowest BCUT2D eigenvalue weighted by atomic mass is 10.4. The Morgan fingerprint density at radius 2 is 1.38 bits per heavy atom. The fourth-order valence-electron chi connectivity index (χ4n) is 1.00. The van der Waals surface area contributed by atoms with E-state index in [0.717, 1.165) is 6.42 Å². The van der Waals surface area contributed by atoms with E-state index in [2.05, 4.69) is 0 Å². The van der Waals surface area contributed by atoms with Crippen molar-refractivity contribution < 1.29 is 18.9 Å². The molecule has 0 aromatic rings. The maximum Gasteiger partial charge on any atom is 0.189 e. The van der Waals surface area contributed by atoms with E-state index in [1.165, 1.54) is 0 Å². The summed E-state index contributed by atoms with van der Waals surface area (Å²) in [5, 5.41) is 0. The van der Waals surface area contributed by atoms with Gasteiger partial charge in [0.05, 0.1) is 13.2 Å². The Bertz CT molecular complexity index is 164. The highest BCUT2D eigenvalue weighted by Gasteiger charge is 2.41. The average molecular weight is 188 g/mol. The van der Waals surface area contributed by atoms with Gasteiger partial charge in [0, 0.05) is 0 Å². The minimum absolute atomic E-state index is 0.292. The molecule has 4 nitrogen and oxygen atoms in total. The van der Waals surface area contributed by atoms with Crippen LogP contribution in [0.5, 0.6) is 0 Å². The van der Waals surface area contributed by atoms with Crippen molar-refractivity contribution in [1.82, 2.24) is 0 Å². The number of rotatable bonds is 6. The van der Waals surface area contributed by atoms with Gasteiger partial charge in [-0.15, -0.1) is 0 Å². The van der Waals surface area contributed by atoms with Crippen molar-refractivity contribution >= 4 is 0 Å². The van der Waals surface area contributed by atoms with Gasteiger partial charge >= 0.3 is 0 Å². The Balaban J connectivity index is 1.45. The van der Waals surface area contributed by atoms with Crippen LogP contribution in [0.1, 0.15) is 20.3 Å². The summed E-state index contributed by atoms with van der Waals surface area (Å²) >= 11 is 0. The van der Waals surface area contributed by atoms with Crippen molar-refractivity contribution in [2.24, 2.45) is 0 Å². The molecule has 2 unspecified atom stereocenters. The number of ether oxygens (including phenoxy) is 4. The smallest absolute Gasteiger partial charge is 0.189 e. The second-order valence-corrected chi connectivity index (χ2v) is 3.90. The molecule has 0 N–H and O–H groups in total. The van der Waals surface area contributed by atoms with Gasteiger partial charge in [-0.2, -0.15) is 0 Å². The van der Waals surface area contributed by atoms with Crippen molar-refractivity contribution in [3.05, 3.63) is 0 Å². The van der Waals surface area contributed by atoms with Crippen LogP contribution < -0.4 is 0 Å². The van der Waals surface area contributed by atoms with Crippen LogP contribution in [0, 0.1) is 0 Å². The third kappa shape index (κ3) is 2.91. The van der Waals surface area contributed by atoms with Crippen molar-refractivity contribution in [2.75, 3.05) is 26.4 Å². The molecular weight excluding hydrogens is 172 g/mol. The molecule has 0 amide bonds. The Labute approximate surface area is 78.1 Å². The summed E-state index contributed by atoms with van der Waals surface area (Å²) in [5.41, 5.74) is 0. The quantitative estimate of drug-likeness (QED) is 0.459. The molecule has 2 aliphatic rings. The van der Waals surface area contributed by atoms with E-state index in [-0.39, 0.29) is 11.6 Å². The second kappa shape index (κ2) is 3.20. The molecule has 13 heavy (non-hydrogen) atoms. The monoisotopic (exact) mass is 188 g/mol. The Morgan fingerprint density at radius 3 is 1.69 bits per heavy atom. The molecule has 76 valence electrons. The molecule has 0 saturated carbocycles. The standard InChI is InChI=1S/C9H16O4/c1-8(6-12-8)10-4-3-5-11-9(2)7-13-9/h3-7H2,1-2H3. The molecule has 0 spiro atoms. The first kappa shape index (κ1) is 9.40. The SMILES string of the molecule is CC1(OCCCOC2(C)CO2)CO1. The van der Waals surface area contributed by atoms with Crippen LogP contribution in [0.25, 0.3) is 0 Å².